The Balaban J connectivity index is 1.08. The summed E-state index contributed by atoms with van der Waals surface area (Å²) in [5.74, 6) is 1.84. The van der Waals surface area contributed by atoms with E-state index in [1.807, 2.05) is 18.2 Å². The minimum atomic E-state index is -0.0785. The molecule has 56 heavy (non-hydrogen) atoms. The summed E-state index contributed by atoms with van der Waals surface area (Å²) in [7, 11) is 0. The van der Waals surface area contributed by atoms with Crippen LogP contribution in [0.2, 0.25) is 0 Å². The van der Waals surface area contributed by atoms with E-state index in [0.29, 0.717) is 17.6 Å². The van der Waals surface area contributed by atoms with Crippen molar-refractivity contribution in [1.29, 1.82) is 0 Å². The van der Waals surface area contributed by atoms with Crippen LogP contribution >= 0.6 is 0 Å². The van der Waals surface area contributed by atoms with Gasteiger partial charge in [0.25, 0.3) is 0 Å². The number of fused-ring (bicyclic) bond motifs is 7. The molecule has 0 unspecified atom stereocenters. The summed E-state index contributed by atoms with van der Waals surface area (Å²) in [5, 5.41) is 4.76. The molecular formula is C52H36N4. The van der Waals surface area contributed by atoms with E-state index in [2.05, 4.69) is 182 Å². The molecule has 0 bridgehead atoms. The van der Waals surface area contributed by atoms with Crippen LogP contribution in [0.3, 0.4) is 0 Å². The topological polar surface area (TPSA) is 43.6 Å². The Bertz CT molecular complexity index is 3110. The number of benzene rings is 8. The fraction of sp³-hybridized carbons (Fsp3) is 0.0577. The molecule has 2 aromatic heterocycles. The van der Waals surface area contributed by atoms with Gasteiger partial charge in [-0.3, -0.25) is 4.57 Å². The molecule has 0 amide bonds. The van der Waals surface area contributed by atoms with E-state index in [0.717, 1.165) is 38.5 Å². The van der Waals surface area contributed by atoms with E-state index in [4.69, 9.17) is 15.0 Å². The third kappa shape index (κ3) is 4.96. The minimum absolute atomic E-state index is 0.0785. The lowest BCUT2D eigenvalue weighted by Crippen LogP contribution is -2.14. The Morgan fingerprint density at radius 1 is 0.393 bits per heavy atom. The first-order valence-corrected chi connectivity index (χ1v) is 19.2. The number of hydrogen-bond acceptors (Lipinski definition) is 3. The normalized spacial score (nSPS) is 13.0. The van der Waals surface area contributed by atoms with E-state index in [1.165, 1.54) is 49.7 Å². The van der Waals surface area contributed by atoms with Gasteiger partial charge >= 0.3 is 0 Å². The van der Waals surface area contributed by atoms with Gasteiger partial charge in [-0.1, -0.05) is 172 Å². The van der Waals surface area contributed by atoms with Crippen molar-refractivity contribution in [1.82, 2.24) is 19.5 Å². The summed E-state index contributed by atoms with van der Waals surface area (Å²) in [5.41, 5.74) is 14.0. The first-order valence-electron chi connectivity index (χ1n) is 19.2. The zero-order valence-electron chi connectivity index (χ0n) is 31.1. The van der Waals surface area contributed by atoms with Gasteiger partial charge in [0.2, 0.25) is 5.95 Å². The Morgan fingerprint density at radius 2 is 0.929 bits per heavy atom. The van der Waals surface area contributed by atoms with Crippen molar-refractivity contribution in [3.8, 4) is 62.1 Å². The third-order valence-corrected chi connectivity index (χ3v) is 11.7. The molecule has 4 nitrogen and oxygen atoms in total. The standard InChI is InChI=1S/C52H36N4/c1-52(2)44-26-9-6-21-40(44)41-30-29-36(32-45(41)52)39-25-14-18-33-17-13-24-38(48(33)39)35-19-12-20-37(31-35)50-53-49(34-15-4-3-5-16-34)54-51(55-50)56-46-27-10-7-22-42(46)43-23-8-11-28-47(43)56/h3-32H,1-2H3. The van der Waals surface area contributed by atoms with Gasteiger partial charge in [0.15, 0.2) is 11.6 Å². The first kappa shape index (κ1) is 32.3. The number of nitrogens with zero attached hydrogens (tertiary/aromatic N) is 4. The largest absolute Gasteiger partial charge is 0.278 e. The molecule has 0 saturated heterocycles. The molecule has 4 heteroatoms. The summed E-state index contributed by atoms with van der Waals surface area (Å²) in [6, 6.07) is 64.9. The number of rotatable bonds is 5. The molecule has 0 atom stereocenters. The van der Waals surface area contributed by atoms with Gasteiger partial charge in [0.05, 0.1) is 11.0 Å². The maximum atomic E-state index is 5.24. The van der Waals surface area contributed by atoms with Crippen molar-refractivity contribution in [2.75, 3.05) is 0 Å². The van der Waals surface area contributed by atoms with Crippen LogP contribution in [0.4, 0.5) is 0 Å². The molecule has 0 fully saturated rings. The highest BCUT2D eigenvalue weighted by atomic mass is 15.2. The Kier molecular flexibility index (Phi) is 7.17. The third-order valence-electron chi connectivity index (χ3n) is 11.7. The van der Waals surface area contributed by atoms with Crippen molar-refractivity contribution in [3.05, 3.63) is 193 Å². The number of para-hydroxylation sites is 2. The summed E-state index contributed by atoms with van der Waals surface area (Å²) in [4.78, 5) is 15.5. The first-order chi connectivity index (χ1) is 27.5. The van der Waals surface area contributed by atoms with E-state index >= 15 is 0 Å². The van der Waals surface area contributed by atoms with E-state index < -0.39 is 0 Å². The molecule has 11 rings (SSSR count). The van der Waals surface area contributed by atoms with Crippen molar-refractivity contribution in [2.45, 2.75) is 19.3 Å². The molecule has 2 heterocycles. The molecule has 1 aliphatic carbocycles. The molecular weight excluding hydrogens is 681 g/mol. The van der Waals surface area contributed by atoms with Gasteiger partial charge in [-0.2, -0.15) is 9.97 Å². The molecule has 0 aliphatic heterocycles. The molecule has 8 aromatic carbocycles. The Labute approximate surface area is 325 Å². The second kappa shape index (κ2) is 12.4. The van der Waals surface area contributed by atoms with Crippen LogP contribution in [-0.4, -0.2) is 19.5 Å². The predicted molar refractivity (Wildman–Crippen MR) is 231 cm³/mol. The van der Waals surface area contributed by atoms with Crippen molar-refractivity contribution >= 4 is 32.6 Å². The summed E-state index contributed by atoms with van der Waals surface area (Å²) < 4.78 is 2.17. The molecule has 0 radical (unpaired) electrons. The van der Waals surface area contributed by atoms with E-state index in [1.54, 1.807) is 0 Å². The molecule has 264 valence electrons. The Hall–Kier alpha value is -7.17. The van der Waals surface area contributed by atoms with Gasteiger partial charge in [-0.15, -0.1) is 0 Å². The van der Waals surface area contributed by atoms with E-state index in [9.17, 15) is 0 Å². The van der Waals surface area contributed by atoms with Crippen LogP contribution in [0.15, 0.2) is 182 Å². The maximum absolute atomic E-state index is 5.24. The number of hydrogen-bond donors (Lipinski definition) is 0. The van der Waals surface area contributed by atoms with Crippen LogP contribution in [0.5, 0.6) is 0 Å². The van der Waals surface area contributed by atoms with Gasteiger partial charge in [-0.05, 0) is 79.5 Å². The van der Waals surface area contributed by atoms with Crippen LogP contribution in [0.25, 0.3) is 94.7 Å². The van der Waals surface area contributed by atoms with Crippen LogP contribution in [0.1, 0.15) is 25.0 Å². The minimum Gasteiger partial charge on any atom is -0.278 e. The Morgan fingerprint density at radius 3 is 1.66 bits per heavy atom. The van der Waals surface area contributed by atoms with Gasteiger partial charge in [0, 0.05) is 27.3 Å². The van der Waals surface area contributed by atoms with E-state index in [-0.39, 0.29) is 5.41 Å². The zero-order chi connectivity index (χ0) is 37.4. The fourth-order valence-electron chi connectivity index (χ4n) is 8.97. The maximum Gasteiger partial charge on any atom is 0.238 e. The highest BCUT2D eigenvalue weighted by Crippen LogP contribution is 2.50. The highest BCUT2D eigenvalue weighted by molar-refractivity contribution is 6.09. The monoisotopic (exact) mass is 716 g/mol. The molecule has 10 aromatic rings. The van der Waals surface area contributed by atoms with Crippen molar-refractivity contribution < 1.29 is 0 Å². The van der Waals surface area contributed by atoms with Gasteiger partial charge in [0.1, 0.15) is 0 Å². The second-order valence-corrected chi connectivity index (χ2v) is 15.2. The van der Waals surface area contributed by atoms with Crippen LogP contribution in [0, 0.1) is 0 Å². The molecule has 0 N–H and O–H groups in total. The van der Waals surface area contributed by atoms with Crippen molar-refractivity contribution in [3.63, 3.8) is 0 Å². The predicted octanol–water partition coefficient (Wildman–Crippen LogP) is 13.1. The lowest BCUT2D eigenvalue weighted by atomic mass is 9.81. The quantitative estimate of drug-likeness (QED) is 0.178. The second-order valence-electron chi connectivity index (χ2n) is 15.2. The summed E-state index contributed by atoms with van der Waals surface area (Å²) >= 11 is 0. The molecule has 0 spiro atoms. The molecule has 1 aliphatic rings. The molecule has 0 saturated carbocycles. The fourth-order valence-corrected chi connectivity index (χ4v) is 8.97. The van der Waals surface area contributed by atoms with Crippen molar-refractivity contribution in [2.24, 2.45) is 0 Å². The zero-order valence-corrected chi connectivity index (χ0v) is 31.1. The van der Waals surface area contributed by atoms with Crippen LogP contribution < -0.4 is 0 Å². The summed E-state index contributed by atoms with van der Waals surface area (Å²) in [6.07, 6.45) is 0. The summed E-state index contributed by atoms with van der Waals surface area (Å²) in [6.45, 7) is 4.69. The van der Waals surface area contributed by atoms with Crippen LogP contribution in [-0.2, 0) is 5.41 Å². The SMILES string of the molecule is CC1(C)c2ccccc2-c2ccc(-c3cccc4cccc(-c5cccc(-c6nc(-c7ccccc7)nc(-n7c8ccccc8c8ccccc87)n6)c5)c34)cc21. The lowest BCUT2D eigenvalue weighted by Gasteiger charge is -2.22. The van der Waals surface area contributed by atoms with Gasteiger partial charge in [-0.25, -0.2) is 4.98 Å². The number of aromatic nitrogens is 4. The smallest absolute Gasteiger partial charge is 0.238 e. The average molecular weight is 717 g/mol. The van der Waals surface area contributed by atoms with Gasteiger partial charge < -0.3 is 0 Å². The highest BCUT2D eigenvalue weighted by Gasteiger charge is 2.35. The lowest BCUT2D eigenvalue weighted by molar-refractivity contribution is 0.660. The average Bonchev–Trinajstić information content (AvgIpc) is 3.71.